The number of anilines is 2. The van der Waals surface area contributed by atoms with E-state index in [1.807, 2.05) is 6.07 Å². The number of carbonyl (C=O) groups is 1. The van der Waals surface area contributed by atoms with Gasteiger partial charge in [0.15, 0.2) is 11.6 Å². The quantitative estimate of drug-likeness (QED) is 0.896. The van der Waals surface area contributed by atoms with Crippen LogP contribution in [0.5, 0.6) is 0 Å². The van der Waals surface area contributed by atoms with Gasteiger partial charge >= 0.3 is 0 Å². The minimum atomic E-state index is -0.912. The van der Waals surface area contributed by atoms with Crippen molar-refractivity contribution in [1.82, 2.24) is 0 Å². The first-order valence-electron chi connectivity index (χ1n) is 6.11. The second-order valence-electron chi connectivity index (χ2n) is 4.29. The van der Waals surface area contributed by atoms with Crippen LogP contribution in [0.1, 0.15) is 12.5 Å². The molecule has 2 rings (SSSR count). The van der Waals surface area contributed by atoms with Crippen LogP contribution in [-0.4, -0.2) is 5.91 Å². The Morgan fingerprint density at radius 1 is 1.05 bits per heavy atom. The van der Waals surface area contributed by atoms with Gasteiger partial charge in [0, 0.05) is 19.2 Å². The molecule has 0 aliphatic rings. The predicted octanol–water partition coefficient (Wildman–Crippen LogP) is 3.54. The van der Waals surface area contributed by atoms with Crippen molar-refractivity contribution < 1.29 is 13.6 Å². The van der Waals surface area contributed by atoms with Gasteiger partial charge in [0.2, 0.25) is 5.91 Å². The highest BCUT2D eigenvalue weighted by Gasteiger charge is 2.08. The molecule has 5 heteroatoms. The third-order valence-corrected chi connectivity index (χ3v) is 2.75. The molecular formula is C15H14F2N2O. The number of para-hydroxylation sites is 1. The molecule has 0 aliphatic carbocycles. The molecule has 0 unspecified atom stereocenters. The van der Waals surface area contributed by atoms with Gasteiger partial charge in [-0.2, -0.15) is 0 Å². The average molecular weight is 276 g/mol. The molecule has 104 valence electrons. The normalized spacial score (nSPS) is 10.2. The zero-order valence-electron chi connectivity index (χ0n) is 10.9. The summed E-state index contributed by atoms with van der Waals surface area (Å²) >= 11 is 0. The SMILES string of the molecule is CC(=O)Nc1ccccc1CNc1cccc(F)c1F. The molecule has 1 amide bonds. The molecule has 0 heterocycles. The van der Waals surface area contributed by atoms with Crippen LogP contribution in [0.25, 0.3) is 0 Å². The van der Waals surface area contributed by atoms with Crippen LogP contribution in [0.15, 0.2) is 42.5 Å². The standard InChI is InChI=1S/C15H14F2N2O/c1-10(20)19-13-7-3-2-5-11(13)9-18-14-8-4-6-12(16)15(14)17/h2-8,18H,9H2,1H3,(H,19,20). The molecule has 2 aromatic rings. The lowest BCUT2D eigenvalue weighted by Gasteiger charge is -2.12. The van der Waals surface area contributed by atoms with Crippen LogP contribution in [0.3, 0.4) is 0 Å². The molecule has 2 N–H and O–H groups in total. The summed E-state index contributed by atoms with van der Waals surface area (Å²) in [7, 11) is 0. The minimum Gasteiger partial charge on any atom is -0.378 e. The molecule has 0 aliphatic heterocycles. The lowest BCUT2D eigenvalue weighted by atomic mass is 10.1. The lowest BCUT2D eigenvalue weighted by molar-refractivity contribution is -0.114. The molecule has 0 fully saturated rings. The summed E-state index contributed by atoms with van der Waals surface area (Å²) in [5.41, 5.74) is 1.51. The van der Waals surface area contributed by atoms with E-state index in [2.05, 4.69) is 10.6 Å². The Morgan fingerprint density at radius 2 is 1.75 bits per heavy atom. The van der Waals surface area contributed by atoms with E-state index in [1.165, 1.54) is 19.1 Å². The Balaban J connectivity index is 2.15. The van der Waals surface area contributed by atoms with Crippen molar-refractivity contribution in [3.05, 3.63) is 59.7 Å². The topological polar surface area (TPSA) is 41.1 Å². The van der Waals surface area contributed by atoms with E-state index >= 15 is 0 Å². The van der Waals surface area contributed by atoms with E-state index in [0.29, 0.717) is 5.69 Å². The van der Waals surface area contributed by atoms with Crippen LogP contribution < -0.4 is 10.6 Å². The fraction of sp³-hybridized carbons (Fsp3) is 0.133. The number of halogens is 2. The fourth-order valence-electron chi connectivity index (χ4n) is 1.82. The molecule has 0 saturated carbocycles. The summed E-state index contributed by atoms with van der Waals surface area (Å²) in [5, 5.41) is 5.51. The Kier molecular flexibility index (Phi) is 4.30. The van der Waals surface area contributed by atoms with Crippen LogP contribution in [0, 0.1) is 11.6 Å². The van der Waals surface area contributed by atoms with Crippen molar-refractivity contribution in [3.8, 4) is 0 Å². The Morgan fingerprint density at radius 3 is 2.50 bits per heavy atom. The number of amides is 1. The van der Waals surface area contributed by atoms with Gasteiger partial charge in [-0.25, -0.2) is 8.78 Å². The Bertz CT molecular complexity index is 629. The number of hydrogen-bond acceptors (Lipinski definition) is 2. The number of rotatable bonds is 4. The van der Waals surface area contributed by atoms with E-state index in [4.69, 9.17) is 0 Å². The first-order chi connectivity index (χ1) is 9.58. The van der Waals surface area contributed by atoms with Gasteiger partial charge in [0.25, 0.3) is 0 Å². The van der Waals surface area contributed by atoms with Crippen molar-refractivity contribution in [3.63, 3.8) is 0 Å². The average Bonchev–Trinajstić information content (AvgIpc) is 2.41. The van der Waals surface area contributed by atoms with Gasteiger partial charge in [-0.15, -0.1) is 0 Å². The molecule has 2 aromatic carbocycles. The van der Waals surface area contributed by atoms with Gasteiger partial charge in [-0.1, -0.05) is 24.3 Å². The molecule has 0 spiro atoms. The van der Waals surface area contributed by atoms with Gasteiger partial charge in [-0.3, -0.25) is 4.79 Å². The molecule has 0 radical (unpaired) electrons. The zero-order valence-corrected chi connectivity index (χ0v) is 10.9. The summed E-state index contributed by atoms with van der Waals surface area (Å²) in [6.07, 6.45) is 0. The largest absolute Gasteiger partial charge is 0.378 e. The summed E-state index contributed by atoms with van der Waals surface area (Å²) in [4.78, 5) is 11.1. The maximum absolute atomic E-state index is 13.5. The van der Waals surface area contributed by atoms with E-state index in [1.54, 1.807) is 18.2 Å². The predicted molar refractivity (Wildman–Crippen MR) is 74.4 cm³/mol. The van der Waals surface area contributed by atoms with Crippen molar-refractivity contribution in [2.24, 2.45) is 0 Å². The highest BCUT2D eigenvalue weighted by Crippen LogP contribution is 2.20. The van der Waals surface area contributed by atoms with Crippen LogP contribution in [0.2, 0.25) is 0 Å². The number of hydrogen-bond donors (Lipinski definition) is 2. The third-order valence-electron chi connectivity index (χ3n) is 2.75. The number of nitrogens with one attached hydrogen (secondary N) is 2. The monoisotopic (exact) mass is 276 g/mol. The number of benzene rings is 2. The summed E-state index contributed by atoms with van der Waals surface area (Å²) < 4.78 is 26.6. The summed E-state index contributed by atoms with van der Waals surface area (Å²) in [6.45, 7) is 1.69. The third kappa shape index (κ3) is 3.32. The second kappa shape index (κ2) is 6.14. The van der Waals surface area contributed by atoms with Crippen molar-refractivity contribution in [2.75, 3.05) is 10.6 Å². The molecule has 0 saturated heterocycles. The van der Waals surface area contributed by atoms with Gasteiger partial charge < -0.3 is 10.6 Å². The van der Waals surface area contributed by atoms with Crippen molar-refractivity contribution in [2.45, 2.75) is 13.5 Å². The molecule has 3 nitrogen and oxygen atoms in total. The lowest BCUT2D eigenvalue weighted by Crippen LogP contribution is -2.10. The van der Waals surface area contributed by atoms with E-state index in [-0.39, 0.29) is 18.1 Å². The molecule has 0 atom stereocenters. The van der Waals surface area contributed by atoms with Crippen molar-refractivity contribution >= 4 is 17.3 Å². The Hall–Kier alpha value is -2.43. The first kappa shape index (κ1) is 14.0. The minimum absolute atomic E-state index is 0.0858. The summed E-state index contributed by atoms with van der Waals surface area (Å²) in [6, 6.07) is 11.1. The maximum atomic E-state index is 13.5. The van der Waals surface area contributed by atoms with E-state index in [0.717, 1.165) is 11.6 Å². The highest BCUT2D eigenvalue weighted by atomic mass is 19.2. The van der Waals surface area contributed by atoms with Gasteiger partial charge in [-0.05, 0) is 23.8 Å². The molecule has 0 bridgehead atoms. The highest BCUT2D eigenvalue weighted by molar-refractivity contribution is 5.89. The zero-order chi connectivity index (χ0) is 14.5. The first-order valence-corrected chi connectivity index (χ1v) is 6.11. The van der Waals surface area contributed by atoms with E-state index < -0.39 is 11.6 Å². The van der Waals surface area contributed by atoms with Crippen LogP contribution >= 0.6 is 0 Å². The van der Waals surface area contributed by atoms with Crippen LogP contribution in [-0.2, 0) is 11.3 Å². The Labute approximate surface area is 115 Å². The number of carbonyl (C=O) groups excluding carboxylic acids is 1. The van der Waals surface area contributed by atoms with Crippen LogP contribution in [0.4, 0.5) is 20.2 Å². The smallest absolute Gasteiger partial charge is 0.221 e. The molecular weight excluding hydrogens is 262 g/mol. The summed E-state index contributed by atoms with van der Waals surface area (Å²) in [5.74, 6) is -2.00. The maximum Gasteiger partial charge on any atom is 0.221 e. The second-order valence-corrected chi connectivity index (χ2v) is 4.29. The van der Waals surface area contributed by atoms with Crippen molar-refractivity contribution in [1.29, 1.82) is 0 Å². The van der Waals surface area contributed by atoms with Gasteiger partial charge in [0.1, 0.15) is 0 Å². The van der Waals surface area contributed by atoms with Gasteiger partial charge in [0.05, 0.1) is 5.69 Å². The van der Waals surface area contributed by atoms with E-state index in [9.17, 15) is 13.6 Å². The molecule has 20 heavy (non-hydrogen) atoms. The molecule has 0 aromatic heterocycles. The fourth-order valence-corrected chi connectivity index (χ4v) is 1.82.